The molecule has 0 aromatic carbocycles. The number of hydrogen-bond donors (Lipinski definition) is 1. The van der Waals surface area contributed by atoms with Crippen molar-refractivity contribution in [1.82, 2.24) is 10.2 Å². The fourth-order valence-electron chi connectivity index (χ4n) is 1.19. The molecule has 1 aliphatic rings. The smallest absolute Gasteiger partial charge is 0.410 e. The van der Waals surface area contributed by atoms with Crippen molar-refractivity contribution in [3.05, 3.63) is 0 Å². The Kier molecular flexibility index (Phi) is 2.46. The molecular weight excluding hydrogens is 188 g/mol. The van der Waals surface area contributed by atoms with Gasteiger partial charge in [-0.05, 0) is 13.8 Å². The minimum absolute atomic E-state index is 0.161. The predicted octanol–water partition coefficient (Wildman–Crippen LogP) is -0.510. The van der Waals surface area contributed by atoms with E-state index >= 15 is 0 Å². The Labute approximate surface area is 81.2 Å². The number of carbonyl (C=O) groups is 3. The summed E-state index contributed by atoms with van der Waals surface area (Å²) in [7, 11) is 1.20. The highest BCUT2D eigenvalue weighted by Crippen LogP contribution is 2.18. The molecule has 1 rings (SSSR count). The molecule has 1 fully saturated rings. The summed E-state index contributed by atoms with van der Waals surface area (Å²) < 4.78 is 4.48. The third kappa shape index (κ3) is 1.55. The number of carbonyl (C=O) groups excluding carboxylic acids is 3. The molecule has 3 amide bonds. The van der Waals surface area contributed by atoms with Crippen LogP contribution in [0.5, 0.6) is 0 Å². The van der Waals surface area contributed by atoms with Gasteiger partial charge in [0.15, 0.2) is 0 Å². The highest BCUT2D eigenvalue weighted by molar-refractivity contribution is 6.05. The molecule has 1 N–H and O–H groups in total. The summed E-state index contributed by atoms with van der Waals surface area (Å²) in [5.41, 5.74) is -1.05. The van der Waals surface area contributed by atoms with Crippen LogP contribution >= 0.6 is 0 Å². The monoisotopic (exact) mass is 200 g/mol. The van der Waals surface area contributed by atoms with Crippen molar-refractivity contribution in [2.24, 2.45) is 0 Å². The third-order valence-electron chi connectivity index (χ3n) is 2.18. The minimum Gasteiger partial charge on any atom is -0.453 e. The zero-order valence-corrected chi connectivity index (χ0v) is 8.29. The maximum atomic E-state index is 11.4. The molecule has 0 spiro atoms. The van der Waals surface area contributed by atoms with Gasteiger partial charge in [0.05, 0.1) is 7.11 Å². The molecule has 0 saturated carbocycles. The molecule has 14 heavy (non-hydrogen) atoms. The van der Waals surface area contributed by atoms with Gasteiger partial charge in [0.2, 0.25) is 5.91 Å². The van der Waals surface area contributed by atoms with Gasteiger partial charge in [-0.25, -0.2) is 4.79 Å². The normalized spacial score (nSPS) is 20.4. The quantitative estimate of drug-likeness (QED) is 0.534. The van der Waals surface area contributed by atoms with Crippen molar-refractivity contribution in [2.45, 2.75) is 19.4 Å². The van der Waals surface area contributed by atoms with Crippen LogP contribution in [0.25, 0.3) is 0 Å². The molecule has 0 aromatic heterocycles. The zero-order valence-electron chi connectivity index (χ0n) is 8.29. The average Bonchev–Trinajstić information content (AvgIpc) is 2.10. The highest BCUT2D eigenvalue weighted by atomic mass is 16.5. The Bertz CT molecular complexity index is 298. The Morgan fingerprint density at radius 1 is 1.50 bits per heavy atom. The van der Waals surface area contributed by atoms with Crippen molar-refractivity contribution >= 4 is 17.9 Å². The first-order valence-electron chi connectivity index (χ1n) is 4.09. The van der Waals surface area contributed by atoms with Gasteiger partial charge in [0.1, 0.15) is 12.1 Å². The van der Waals surface area contributed by atoms with E-state index in [-0.39, 0.29) is 6.54 Å². The lowest BCUT2D eigenvalue weighted by atomic mass is 9.99. The number of methoxy groups -OCH3 is 1. The van der Waals surface area contributed by atoms with Gasteiger partial charge in [0, 0.05) is 0 Å². The molecule has 78 valence electrons. The summed E-state index contributed by atoms with van der Waals surface area (Å²) in [6.45, 7) is 2.93. The lowest BCUT2D eigenvalue weighted by Crippen LogP contribution is -2.65. The van der Waals surface area contributed by atoms with Crippen LogP contribution in [0.1, 0.15) is 13.8 Å². The second-order valence-electron chi connectivity index (χ2n) is 3.49. The lowest BCUT2D eigenvalue weighted by molar-refractivity contribution is -0.143. The standard InChI is InChI=1S/C8H12N2O4/c1-8(2)6(12)9-5(11)4-10(8)7(13)14-3/h4H2,1-3H3,(H,9,11,12). The van der Waals surface area contributed by atoms with Gasteiger partial charge in [-0.1, -0.05) is 0 Å². The Hall–Kier alpha value is -1.59. The van der Waals surface area contributed by atoms with Crippen LogP contribution in [0, 0.1) is 0 Å². The second kappa shape index (κ2) is 3.28. The molecule has 0 aromatic rings. The maximum Gasteiger partial charge on any atom is 0.410 e. The summed E-state index contributed by atoms with van der Waals surface area (Å²) in [6, 6.07) is 0. The summed E-state index contributed by atoms with van der Waals surface area (Å²) in [6.07, 6.45) is -0.682. The number of nitrogens with one attached hydrogen (secondary N) is 1. The van der Waals surface area contributed by atoms with Gasteiger partial charge in [-0.3, -0.25) is 19.8 Å². The molecule has 0 atom stereocenters. The van der Waals surface area contributed by atoms with Crippen LogP contribution in [0.4, 0.5) is 4.79 Å². The van der Waals surface area contributed by atoms with E-state index in [1.807, 2.05) is 0 Å². The maximum absolute atomic E-state index is 11.4. The first kappa shape index (κ1) is 10.5. The molecule has 0 bridgehead atoms. The number of ether oxygens (including phenoxy) is 1. The summed E-state index contributed by atoms with van der Waals surface area (Å²) in [4.78, 5) is 34.7. The predicted molar refractivity (Wildman–Crippen MR) is 46.3 cm³/mol. The second-order valence-corrected chi connectivity index (χ2v) is 3.49. The van der Waals surface area contributed by atoms with Gasteiger partial charge in [-0.15, -0.1) is 0 Å². The molecule has 6 heteroatoms. The zero-order chi connectivity index (χ0) is 10.9. The SMILES string of the molecule is COC(=O)N1CC(=O)NC(=O)C1(C)C. The van der Waals surface area contributed by atoms with Crippen molar-refractivity contribution in [3.8, 4) is 0 Å². The van der Waals surface area contributed by atoms with E-state index in [2.05, 4.69) is 10.1 Å². The molecule has 1 heterocycles. The average molecular weight is 200 g/mol. The topological polar surface area (TPSA) is 75.7 Å². The van der Waals surface area contributed by atoms with E-state index in [0.29, 0.717) is 0 Å². The number of hydrogen-bond acceptors (Lipinski definition) is 4. The van der Waals surface area contributed by atoms with Crippen LogP contribution in [0.3, 0.4) is 0 Å². The van der Waals surface area contributed by atoms with E-state index in [9.17, 15) is 14.4 Å². The molecule has 1 aliphatic heterocycles. The Morgan fingerprint density at radius 2 is 2.07 bits per heavy atom. The first-order chi connectivity index (χ1) is 6.39. The number of amides is 3. The van der Waals surface area contributed by atoms with Crippen molar-refractivity contribution in [3.63, 3.8) is 0 Å². The highest BCUT2D eigenvalue weighted by Gasteiger charge is 2.44. The molecule has 0 unspecified atom stereocenters. The summed E-state index contributed by atoms with van der Waals surface area (Å²) in [5.74, 6) is -1.00. The van der Waals surface area contributed by atoms with Crippen molar-refractivity contribution in [2.75, 3.05) is 13.7 Å². The van der Waals surface area contributed by atoms with Gasteiger partial charge in [-0.2, -0.15) is 0 Å². The Morgan fingerprint density at radius 3 is 2.57 bits per heavy atom. The number of imide groups is 1. The molecule has 6 nitrogen and oxygen atoms in total. The summed E-state index contributed by atoms with van der Waals surface area (Å²) in [5, 5.41) is 2.15. The van der Waals surface area contributed by atoms with Gasteiger partial charge < -0.3 is 4.74 Å². The number of rotatable bonds is 0. The van der Waals surface area contributed by atoms with Crippen molar-refractivity contribution in [1.29, 1.82) is 0 Å². The van der Waals surface area contributed by atoms with E-state index in [1.165, 1.54) is 7.11 Å². The number of nitrogens with zero attached hydrogens (tertiary/aromatic N) is 1. The van der Waals surface area contributed by atoms with E-state index < -0.39 is 23.4 Å². The fourth-order valence-corrected chi connectivity index (χ4v) is 1.19. The fraction of sp³-hybridized carbons (Fsp3) is 0.625. The lowest BCUT2D eigenvalue weighted by Gasteiger charge is -2.38. The number of piperazine rings is 1. The van der Waals surface area contributed by atoms with E-state index in [0.717, 1.165) is 4.90 Å². The van der Waals surface area contributed by atoms with Crippen LogP contribution in [0.15, 0.2) is 0 Å². The first-order valence-corrected chi connectivity index (χ1v) is 4.09. The van der Waals surface area contributed by atoms with Crippen LogP contribution in [-0.2, 0) is 14.3 Å². The Balaban J connectivity index is 2.96. The largest absolute Gasteiger partial charge is 0.453 e. The van der Waals surface area contributed by atoms with Crippen LogP contribution in [0.2, 0.25) is 0 Å². The van der Waals surface area contributed by atoms with Gasteiger partial charge >= 0.3 is 6.09 Å². The van der Waals surface area contributed by atoms with Crippen molar-refractivity contribution < 1.29 is 19.1 Å². The molecule has 0 radical (unpaired) electrons. The molecule has 1 saturated heterocycles. The molecule has 0 aliphatic carbocycles. The van der Waals surface area contributed by atoms with E-state index in [4.69, 9.17) is 0 Å². The molecular formula is C8H12N2O4. The minimum atomic E-state index is -1.05. The third-order valence-corrected chi connectivity index (χ3v) is 2.18. The van der Waals surface area contributed by atoms with Gasteiger partial charge in [0.25, 0.3) is 5.91 Å². The van der Waals surface area contributed by atoms with Crippen LogP contribution in [-0.4, -0.2) is 42.0 Å². The summed E-state index contributed by atoms with van der Waals surface area (Å²) >= 11 is 0. The van der Waals surface area contributed by atoms with E-state index in [1.54, 1.807) is 13.8 Å². The van der Waals surface area contributed by atoms with Crippen LogP contribution < -0.4 is 5.32 Å².